The van der Waals surface area contributed by atoms with Crippen LogP contribution in [0.15, 0.2) is 12.2 Å². The Hall–Kier alpha value is -0.636. The molecule has 0 radical (unpaired) electrons. The zero-order valence-electron chi connectivity index (χ0n) is 21.8. The Labute approximate surface area is 187 Å². The SMILES string of the molecule is CC(C)(C)OC(=O)N1C(CO[Si](C)(C)C(C)(C)C)C=CC1CO[Si](C)(C)C(C)(C)C. The van der Waals surface area contributed by atoms with Crippen molar-refractivity contribution in [1.29, 1.82) is 0 Å². The van der Waals surface area contributed by atoms with Crippen molar-refractivity contribution in [3.63, 3.8) is 0 Å². The zero-order valence-corrected chi connectivity index (χ0v) is 23.8. The molecule has 0 spiro atoms. The molecule has 1 heterocycles. The van der Waals surface area contributed by atoms with Gasteiger partial charge in [-0.1, -0.05) is 53.7 Å². The van der Waals surface area contributed by atoms with E-state index < -0.39 is 22.2 Å². The van der Waals surface area contributed by atoms with Gasteiger partial charge >= 0.3 is 6.09 Å². The molecule has 2 unspecified atom stereocenters. The van der Waals surface area contributed by atoms with E-state index in [9.17, 15) is 4.79 Å². The number of rotatable bonds is 6. The van der Waals surface area contributed by atoms with E-state index in [4.69, 9.17) is 13.6 Å². The third-order valence-electron chi connectivity index (χ3n) is 6.72. The van der Waals surface area contributed by atoms with Gasteiger partial charge in [0.2, 0.25) is 0 Å². The molecule has 1 aliphatic rings. The standard InChI is InChI=1S/C23H47NO4Si2/c1-21(2,3)28-20(25)24-18(16-26-29(10,11)22(4,5)6)14-15-19(24)17-27-30(12,13)23(7,8)9/h14-15,18-19H,16-17H2,1-13H3. The second-order valence-corrected chi connectivity index (χ2v) is 22.2. The van der Waals surface area contributed by atoms with E-state index >= 15 is 0 Å². The molecule has 1 rings (SSSR count). The number of carbonyl (C=O) groups is 1. The molecule has 0 aromatic rings. The van der Waals surface area contributed by atoms with E-state index in [0.29, 0.717) is 13.2 Å². The van der Waals surface area contributed by atoms with Crippen LogP contribution in [0, 0.1) is 0 Å². The van der Waals surface area contributed by atoms with Gasteiger partial charge in [-0.25, -0.2) is 4.79 Å². The highest BCUT2D eigenvalue weighted by Crippen LogP contribution is 2.38. The molecule has 0 saturated heterocycles. The van der Waals surface area contributed by atoms with E-state index in [1.54, 1.807) is 0 Å². The monoisotopic (exact) mass is 457 g/mol. The fraction of sp³-hybridized carbons (Fsp3) is 0.870. The first kappa shape index (κ1) is 27.4. The van der Waals surface area contributed by atoms with Gasteiger partial charge in [0.15, 0.2) is 16.6 Å². The van der Waals surface area contributed by atoms with Crippen LogP contribution in [0.4, 0.5) is 4.79 Å². The number of ether oxygens (including phenoxy) is 1. The van der Waals surface area contributed by atoms with Crippen LogP contribution >= 0.6 is 0 Å². The van der Waals surface area contributed by atoms with Gasteiger partial charge in [0.25, 0.3) is 0 Å². The number of hydrogen-bond donors (Lipinski definition) is 0. The summed E-state index contributed by atoms with van der Waals surface area (Å²) in [5, 5.41) is 0.244. The summed E-state index contributed by atoms with van der Waals surface area (Å²) in [4.78, 5) is 14.9. The summed E-state index contributed by atoms with van der Waals surface area (Å²) in [6.07, 6.45) is 3.85. The van der Waals surface area contributed by atoms with Crippen molar-refractivity contribution in [3.8, 4) is 0 Å². The predicted molar refractivity (Wildman–Crippen MR) is 131 cm³/mol. The van der Waals surface area contributed by atoms with Crippen LogP contribution in [0.3, 0.4) is 0 Å². The van der Waals surface area contributed by atoms with Gasteiger partial charge in [-0.2, -0.15) is 0 Å². The Kier molecular flexibility index (Phi) is 8.29. The van der Waals surface area contributed by atoms with Gasteiger partial charge in [0, 0.05) is 0 Å². The van der Waals surface area contributed by atoms with Gasteiger partial charge in [0.1, 0.15) is 5.60 Å². The minimum absolute atomic E-state index is 0.122. The number of nitrogens with zero attached hydrogens (tertiary/aromatic N) is 1. The summed E-state index contributed by atoms with van der Waals surface area (Å²) >= 11 is 0. The molecule has 5 nitrogen and oxygen atoms in total. The second-order valence-electron chi connectivity index (χ2n) is 12.5. The smallest absolute Gasteiger partial charge is 0.411 e. The Balaban J connectivity index is 2.99. The average Bonchev–Trinajstić information content (AvgIpc) is 2.90. The molecular formula is C23H47NO4Si2. The van der Waals surface area contributed by atoms with E-state index in [0.717, 1.165) is 0 Å². The van der Waals surface area contributed by atoms with Crippen LogP contribution in [0.25, 0.3) is 0 Å². The van der Waals surface area contributed by atoms with Gasteiger partial charge in [-0.15, -0.1) is 0 Å². The van der Waals surface area contributed by atoms with E-state index in [1.807, 2.05) is 25.7 Å². The Morgan fingerprint density at radius 2 is 1.10 bits per heavy atom. The largest absolute Gasteiger partial charge is 0.444 e. The van der Waals surface area contributed by atoms with Crippen molar-refractivity contribution in [1.82, 2.24) is 4.90 Å². The van der Waals surface area contributed by atoms with Crippen LogP contribution in [0.2, 0.25) is 36.3 Å². The number of hydrogen-bond acceptors (Lipinski definition) is 4. The van der Waals surface area contributed by atoms with Gasteiger partial charge < -0.3 is 13.6 Å². The van der Waals surface area contributed by atoms with E-state index in [-0.39, 0.29) is 28.3 Å². The highest BCUT2D eigenvalue weighted by Gasteiger charge is 2.43. The first-order chi connectivity index (χ1) is 13.2. The highest BCUT2D eigenvalue weighted by molar-refractivity contribution is 6.74. The molecule has 30 heavy (non-hydrogen) atoms. The van der Waals surface area contributed by atoms with Crippen molar-refractivity contribution in [2.45, 2.75) is 116 Å². The first-order valence-electron chi connectivity index (χ1n) is 11.2. The number of amides is 1. The minimum atomic E-state index is -1.92. The molecule has 1 amide bonds. The predicted octanol–water partition coefficient (Wildman–Crippen LogP) is 6.57. The van der Waals surface area contributed by atoms with Crippen molar-refractivity contribution >= 4 is 22.7 Å². The Morgan fingerprint density at radius 1 is 0.767 bits per heavy atom. The van der Waals surface area contributed by atoms with Gasteiger partial charge in [-0.05, 0) is 57.0 Å². The third-order valence-corrected chi connectivity index (χ3v) is 15.7. The maximum absolute atomic E-state index is 13.1. The minimum Gasteiger partial charge on any atom is -0.444 e. The lowest BCUT2D eigenvalue weighted by atomic mass is 10.2. The molecule has 0 aromatic heterocycles. The maximum Gasteiger partial charge on any atom is 0.411 e. The molecule has 2 atom stereocenters. The van der Waals surface area contributed by atoms with Crippen molar-refractivity contribution < 1.29 is 18.4 Å². The molecule has 0 N–H and O–H groups in total. The first-order valence-corrected chi connectivity index (χ1v) is 17.0. The third kappa shape index (κ3) is 7.21. The fourth-order valence-corrected chi connectivity index (χ4v) is 4.61. The zero-order chi connectivity index (χ0) is 23.8. The summed E-state index contributed by atoms with van der Waals surface area (Å²) in [6, 6.07) is -0.274. The Morgan fingerprint density at radius 3 is 1.37 bits per heavy atom. The van der Waals surface area contributed by atoms with Crippen molar-refractivity contribution in [3.05, 3.63) is 12.2 Å². The molecule has 0 fully saturated rings. The quantitative estimate of drug-likeness (QED) is 0.334. The summed E-state index contributed by atoms with van der Waals surface area (Å²) in [7, 11) is -3.83. The molecule has 7 heteroatoms. The Bertz CT molecular complexity index is 585. The van der Waals surface area contributed by atoms with Gasteiger partial charge in [-0.3, -0.25) is 4.90 Å². The fourth-order valence-electron chi connectivity index (χ4n) is 2.57. The maximum atomic E-state index is 13.1. The lowest BCUT2D eigenvalue weighted by molar-refractivity contribution is 0.00752. The molecule has 0 saturated carbocycles. The summed E-state index contributed by atoms with van der Waals surface area (Å²) in [5.74, 6) is 0. The molecule has 0 bridgehead atoms. The molecule has 1 aliphatic heterocycles. The van der Waals surface area contributed by atoms with Gasteiger partial charge in [0.05, 0.1) is 25.3 Å². The van der Waals surface area contributed by atoms with Crippen LogP contribution in [-0.4, -0.2) is 58.5 Å². The molecule has 176 valence electrons. The van der Waals surface area contributed by atoms with Crippen LogP contribution in [0.1, 0.15) is 62.3 Å². The van der Waals surface area contributed by atoms with Crippen molar-refractivity contribution in [2.75, 3.05) is 13.2 Å². The van der Waals surface area contributed by atoms with E-state index in [2.05, 4.69) is 79.9 Å². The van der Waals surface area contributed by atoms with Crippen molar-refractivity contribution in [2.24, 2.45) is 0 Å². The summed E-state index contributed by atoms with van der Waals surface area (Å²) in [6.45, 7) is 29.0. The van der Waals surface area contributed by atoms with Crippen LogP contribution in [-0.2, 0) is 13.6 Å². The molecule has 0 aromatic carbocycles. The normalized spacial score (nSPS) is 21.3. The van der Waals surface area contributed by atoms with E-state index in [1.165, 1.54) is 0 Å². The lowest BCUT2D eigenvalue weighted by Gasteiger charge is -2.40. The number of carbonyl (C=O) groups excluding carboxylic acids is 1. The molecule has 0 aliphatic carbocycles. The topological polar surface area (TPSA) is 48.0 Å². The second kappa shape index (κ2) is 9.08. The summed E-state index contributed by atoms with van der Waals surface area (Å²) in [5.41, 5.74) is -0.546. The highest BCUT2D eigenvalue weighted by atomic mass is 28.4. The van der Waals surface area contributed by atoms with Crippen LogP contribution < -0.4 is 0 Å². The lowest BCUT2D eigenvalue weighted by Crippen LogP contribution is -2.51. The summed E-state index contributed by atoms with van der Waals surface area (Å²) < 4.78 is 18.6. The average molecular weight is 458 g/mol. The molecular weight excluding hydrogens is 410 g/mol. The van der Waals surface area contributed by atoms with Crippen LogP contribution in [0.5, 0.6) is 0 Å².